The first-order valence-electron chi connectivity index (χ1n) is 19.5. The van der Waals surface area contributed by atoms with E-state index in [1.165, 1.54) is 83.7 Å². The van der Waals surface area contributed by atoms with Gasteiger partial charge in [-0.25, -0.2) is 0 Å². The lowest BCUT2D eigenvalue weighted by Crippen LogP contribution is -2.17. The molecule has 0 heterocycles. The Balaban J connectivity index is 1.13. The minimum absolute atomic E-state index is 0.0972. The Labute approximate surface area is 326 Å². The van der Waals surface area contributed by atoms with Gasteiger partial charge in [-0.1, -0.05) is 185 Å². The normalized spacial score (nSPS) is 12.7. The minimum Gasteiger partial charge on any atom is -0.310 e. The Kier molecular flexibility index (Phi) is 8.79. The quantitative estimate of drug-likeness (QED) is 0.152. The van der Waals surface area contributed by atoms with E-state index in [9.17, 15) is 0 Å². The van der Waals surface area contributed by atoms with Crippen LogP contribution in [-0.4, -0.2) is 0 Å². The van der Waals surface area contributed by atoms with Crippen molar-refractivity contribution < 1.29 is 0 Å². The van der Waals surface area contributed by atoms with Crippen LogP contribution in [0.25, 0.3) is 55.6 Å². The van der Waals surface area contributed by atoms with E-state index < -0.39 is 0 Å². The highest BCUT2D eigenvalue weighted by Crippen LogP contribution is 2.51. The number of nitrogens with zero attached hydrogens (tertiary/aromatic N) is 1. The Hall–Kier alpha value is -6.44. The van der Waals surface area contributed by atoms with Crippen molar-refractivity contribution in [3.8, 4) is 55.6 Å². The van der Waals surface area contributed by atoms with Crippen molar-refractivity contribution in [2.45, 2.75) is 39.0 Å². The van der Waals surface area contributed by atoms with Crippen molar-refractivity contribution >= 4 is 17.1 Å². The van der Waals surface area contributed by atoms with E-state index in [0.29, 0.717) is 5.92 Å². The van der Waals surface area contributed by atoms with Gasteiger partial charge >= 0.3 is 0 Å². The fourth-order valence-electron chi connectivity index (χ4n) is 8.43. The third kappa shape index (κ3) is 6.36. The zero-order chi connectivity index (χ0) is 37.5. The van der Waals surface area contributed by atoms with E-state index in [1.807, 2.05) is 0 Å². The average Bonchev–Trinajstić information content (AvgIpc) is 3.47. The highest BCUT2D eigenvalue weighted by Gasteiger charge is 2.36. The molecule has 0 unspecified atom stereocenters. The maximum atomic E-state index is 2.47. The van der Waals surface area contributed by atoms with Crippen molar-refractivity contribution in [1.29, 1.82) is 0 Å². The molecule has 1 aliphatic rings. The Bertz CT molecular complexity index is 2600. The fraction of sp³-hybridized carbons (Fsp3) is 0.111. The summed E-state index contributed by atoms with van der Waals surface area (Å²) in [6.45, 7) is 9.34. The number of anilines is 3. The van der Waals surface area contributed by atoms with Gasteiger partial charge in [-0.15, -0.1) is 0 Å². The monoisotopic (exact) mass is 707 g/mol. The Morgan fingerprint density at radius 3 is 1.33 bits per heavy atom. The summed E-state index contributed by atoms with van der Waals surface area (Å²) in [4.78, 5) is 2.47. The second-order valence-corrected chi connectivity index (χ2v) is 15.6. The van der Waals surface area contributed by atoms with Crippen molar-refractivity contribution in [1.82, 2.24) is 0 Å². The molecule has 0 aliphatic heterocycles. The standard InChI is InChI=1S/C54H45N/c1-37(2)50-35-45(44-25-23-41(24-26-44)39-15-9-6-10-16-39)29-34-53(50)55(47-32-33-49-48-17-11-12-18-51(48)54(3,4)52(49)36-47)46-30-27-43(28-31-46)42-21-19-40(20-22-42)38-13-7-5-8-14-38/h5-37H,1-4H3. The number of fused-ring (bicyclic) bond motifs is 3. The summed E-state index contributed by atoms with van der Waals surface area (Å²) < 4.78 is 0. The molecule has 0 fully saturated rings. The van der Waals surface area contributed by atoms with Crippen LogP contribution in [0, 0.1) is 0 Å². The van der Waals surface area contributed by atoms with Gasteiger partial charge in [0, 0.05) is 22.5 Å². The topological polar surface area (TPSA) is 3.24 Å². The minimum atomic E-state index is -0.0972. The Morgan fingerprint density at radius 2 is 0.782 bits per heavy atom. The van der Waals surface area contributed by atoms with E-state index >= 15 is 0 Å². The first-order valence-corrected chi connectivity index (χ1v) is 19.5. The molecule has 8 aromatic carbocycles. The summed E-state index contributed by atoms with van der Waals surface area (Å²) in [5.41, 5.74) is 19.9. The molecular formula is C54H45N. The van der Waals surface area contributed by atoms with Gasteiger partial charge in [0.15, 0.2) is 0 Å². The second-order valence-electron chi connectivity index (χ2n) is 15.6. The van der Waals surface area contributed by atoms with Gasteiger partial charge in [0.05, 0.1) is 0 Å². The van der Waals surface area contributed by atoms with Gasteiger partial charge in [0.1, 0.15) is 0 Å². The third-order valence-corrected chi connectivity index (χ3v) is 11.5. The van der Waals surface area contributed by atoms with E-state index in [4.69, 9.17) is 0 Å². The van der Waals surface area contributed by atoms with Crippen molar-refractivity contribution in [3.63, 3.8) is 0 Å². The molecule has 0 radical (unpaired) electrons. The molecule has 0 amide bonds. The van der Waals surface area contributed by atoms with E-state index in [2.05, 4.69) is 227 Å². The largest absolute Gasteiger partial charge is 0.310 e. The average molecular weight is 708 g/mol. The van der Waals surface area contributed by atoms with Crippen molar-refractivity contribution in [3.05, 3.63) is 211 Å². The summed E-state index contributed by atoms with van der Waals surface area (Å²) in [5, 5.41) is 0. The number of hydrogen-bond acceptors (Lipinski definition) is 1. The molecule has 0 saturated carbocycles. The van der Waals surface area contributed by atoms with Gasteiger partial charge < -0.3 is 4.90 Å². The lowest BCUT2D eigenvalue weighted by Gasteiger charge is -2.31. The highest BCUT2D eigenvalue weighted by molar-refractivity contribution is 5.87. The summed E-state index contributed by atoms with van der Waals surface area (Å²) in [5.74, 6) is 0.304. The molecule has 0 aromatic heterocycles. The molecule has 1 aliphatic carbocycles. The van der Waals surface area contributed by atoms with Crippen molar-refractivity contribution in [2.75, 3.05) is 4.90 Å². The lowest BCUT2D eigenvalue weighted by molar-refractivity contribution is 0.660. The molecule has 0 bridgehead atoms. The number of benzene rings is 8. The molecule has 55 heavy (non-hydrogen) atoms. The van der Waals surface area contributed by atoms with Crippen LogP contribution < -0.4 is 4.90 Å². The van der Waals surface area contributed by atoms with Crippen LogP contribution >= 0.6 is 0 Å². The van der Waals surface area contributed by atoms with Crippen LogP contribution in [0.15, 0.2) is 194 Å². The lowest BCUT2D eigenvalue weighted by atomic mass is 9.82. The Morgan fingerprint density at radius 1 is 0.364 bits per heavy atom. The van der Waals surface area contributed by atoms with Gasteiger partial charge in [-0.2, -0.15) is 0 Å². The first-order chi connectivity index (χ1) is 26.8. The molecule has 0 N–H and O–H groups in total. The molecule has 1 heteroatoms. The summed E-state index contributed by atoms with van der Waals surface area (Å²) in [6.07, 6.45) is 0. The zero-order valence-electron chi connectivity index (χ0n) is 32.0. The molecular weight excluding hydrogens is 663 g/mol. The maximum Gasteiger partial charge on any atom is 0.0496 e. The molecule has 266 valence electrons. The third-order valence-electron chi connectivity index (χ3n) is 11.5. The molecule has 0 saturated heterocycles. The molecule has 9 rings (SSSR count). The van der Waals surface area contributed by atoms with Gasteiger partial charge in [0.2, 0.25) is 0 Å². The smallest absolute Gasteiger partial charge is 0.0496 e. The number of rotatable bonds is 8. The first kappa shape index (κ1) is 34.3. The summed E-state index contributed by atoms with van der Waals surface area (Å²) in [7, 11) is 0. The highest BCUT2D eigenvalue weighted by atomic mass is 15.1. The van der Waals surface area contributed by atoms with Gasteiger partial charge in [-0.05, 0) is 115 Å². The fourth-order valence-corrected chi connectivity index (χ4v) is 8.43. The van der Waals surface area contributed by atoms with Crippen LogP contribution in [0.2, 0.25) is 0 Å². The second kappa shape index (κ2) is 14.1. The summed E-state index contributed by atoms with van der Waals surface area (Å²) >= 11 is 0. The molecule has 0 spiro atoms. The van der Waals surface area contributed by atoms with Crippen LogP contribution in [0.4, 0.5) is 17.1 Å². The predicted octanol–water partition coefficient (Wildman–Crippen LogP) is 15.3. The van der Waals surface area contributed by atoms with Crippen LogP contribution in [0.5, 0.6) is 0 Å². The summed E-state index contributed by atoms with van der Waals surface area (Å²) in [6, 6.07) is 71.2. The van der Waals surface area contributed by atoms with E-state index in [1.54, 1.807) is 0 Å². The van der Waals surface area contributed by atoms with Crippen molar-refractivity contribution in [2.24, 2.45) is 0 Å². The van der Waals surface area contributed by atoms with Crippen LogP contribution in [0.3, 0.4) is 0 Å². The number of hydrogen-bond donors (Lipinski definition) is 0. The zero-order valence-corrected chi connectivity index (χ0v) is 32.0. The van der Waals surface area contributed by atoms with Crippen LogP contribution in [0.1, 0.15) is 50.3 Å². The molecule has 0 atom stereocenters. The van der Waals surface area contributed by atoms with Gasteiger partial charge in [-0.3, -0.25) is 0 Å². The van der Waals surface area contributed by atoms with Crippen LogP contribution in [-0.2, 0) is 5.41 Å². The maximum absolute atomic E-state index is 2.47. The van der Waals surface area contributed by atoms with Gasteiger partial charge in [0.25, 0.3) is 0 Å². The molecule has 1 nitrogen and oxygen atoms in total. The SMILES string of the molecule is CC(C)c1cc(-c2ccc(-c3ccccc3)cc2)ccc1N(c1ccc(-c2ccc(-c3ccccc3)cc2)cc1)c1ccc2c(c1)C(C)(C)c1ccccc1-2. The predicted molar refractivity (Wildman–Crippen MR) is 235 cm³/mol. The molecule has 8 aromatic rings. The van der Waals surface area contributed by atoms with E-state index in [-0.39, 0.29) is 5.41 Å². The van der Waals surface area contributed by atoms with E-state index in [0.717, 1.165) is 5.69 Å².